The zero-order valence-corrected chi connectivity index (χ0v) is 16.6. The van der Waals surface area contributed by atoms with Crippen LogP contribution in [0.5, 0.6) is 0 Å². The molecule has 5 nitrogen and oxygen atoms in total. The van der Waals surface area contributed by atoms with Gasteiger partial charge in [0.1, 0.15) is 5.82 Å². The highest BCUT2D eigenvalue weighted by Crippen LogP contribution is 2.28. The van der Waals surface area contributed by atoms with Gasteiger partial charge in [-0.15, -0.1) is 0 Å². The maximum absolute atomic E-state index is 13.1. The fourth-order valence-corrected chi connectivity index (χ4v) is 3.47. The van der Waals surface area contributed by atoms with E-state index in [4.69, 9.17) is 5.11 Å². The predicted molar refractivity (Wildman–Crippen MR) is 118 cm³/mol. The summed E-state index contributed by atoms with van der Waals surface area (Å²) in [6, 6.07) is 21.9. The second-order valence-electron chi connectivity index (χ2n) is 7.23. The summed E-state index contributed by atoms with van der Waals surface area (Å²) in [5.74, 6) is -0.826. The first-order chi connectivity index (χ1) is 14.4. The molecule has 0 bridgehead atoms. The van der Waals surface area contributed by atoms with Crippen molar-refractivity contribution in [1.82, 2.24) is 4.98 Å². The summed E-state index contributed by atoms with van der Waals surface area (Å²) < 4.78 is 0. The maximum atomic E-state index is 13.1. The summed E-state index contributed by atoms with van der Waals surface area (Å²) in [5, 5.41) is 12.7. The van der Waals surface area contributed by atoms with Gasteiger partial charge in [-0.05, 0) is 66.9 Å². The van der Waals surface area contributed by atoms with Crippen LogP contribution in [0.2, 0.25) is 0 Å². The Morgan fingerprint density at radius 1 is 0.900 bits per heavy atom. The van der Waals surface area contributed by atoms with Crippen LogP contribution in [0.4, 0.5) is 5.82 Å². The number of amides is 1. The first-order valence-electron chi connectivity index (χ1n) is 9.54. The Morgan fingerprint density at radius 3 is 2.40 bits per heavy atom. The lowest BCUT2D eigenvalue weighted by molar-refractivity contribution is 0.0697. The van der Waals surface area contributed by atoms with Crippen LogP contribution in [0.1, 0.15) is 31.8 Å². The standard InChI is InChI=1S/C25H20N2O3/c1-15-6-8-17(9-7-15)23-16(2)4-3-5-20(23)24(28)27-22-13-11-18-14-19(25(29)30)10-12-21(18)26-22/h3-14H,1-2H3,(H,29,30)(H,26,27,28). The number of pyridine rings is 1. The largest absolute Gasteiger partial charge is 0.478 e. The van der Waals surface area contributed by atoms with E-state index in [-0.39, 0.29) is 11.5 Å². The average Bonchev–Trinajstić information content (AvgIpc) is 2.74. The van der Waals surface area contributed by atoms with Crippen molar-refractivity contribution in [3.8, 4) is 11.1 Å². The molecule has 0 saturated carbocycles. The Hall–Kier alpha value is -3.99. The molecule has 0 unspecified atom stereocenters. The number of benzene rings is 3. The van der Waals surface area contributed by atoms with E-state index in [1.54, 1.807) is 30.3 Å². The molecule has 0 radical (unpaired) electrons. The minimum Gasteiger partial charge on any atom is -0.478 e. The van der Waals surface area contributed by atoms with Gasteiger partial charge in [-0.25, -0.2) is 9.78 Å². The number of fused-ring (bicyclic) bond motifs is 1. The van der Waals surface area contributed by atoms with Crippen molar-refractivity contribution in [2.24, 2.45) is 0 Å². The smallest absolute Gasteiger partial charge is 0.335 e. The number of rotatable bonds is 4. The number of nitrogens with one attached hydrogen (secondary N) is 1. The van der Waals surface area contributed by atoms with Crippen molar-refractivity contribution in [3.05, 3.63) is 95.1 Å². The Kier molecular flexibility index (Phi) is 5.02. The molecular formula is C25H20N2O3. The SMILES string of the molecule is Cc1ccc(-c2c(C)cccc2C(=O)Nc2ccc3cc(C(=O)O)ccc3n2)cc1. The number of carbonyl (C=O) groups excluding carboxylic acids is 1. The Labute approximate surface area is 174 Å². The number of carbonyl (C=O) groups is 2. The molecule has 30 heavy (non-hydrogen) atoms. The number of aromatic nitrogens is 1. The van der Waals surface area contributed by atoms with Crippen molar-refractivity contribution in [1.29, 1.82) is 0 Å². The summed E-state index contributed by atoms with van der Waals surface area (Å²) in [7, 11) is 0. The zero-order chi connectivity index (χ0) is 21.3. The normalized spacial score (nSPS) is 10.7. The fraction of sp³-hybridized carbons (Fsp3) is 0.0800. The van der Waals surface area contributed by atoms with Crippen LogP contribution in [-0.4, -0.2) is 22.0 Å². The van der Waals surface area contributed by atoms with Gasteiger partial charge in [0.25, 0.3) is 5.91 Å². The summed E-state index contributed by atoms with van der Waals surface area (Å²) in [6.45, 7) is 4.01. The number of aromatic carboxylic acids is 1. The molecule has 4 aromatic rings. The molecule has 1 aromatic heterocycles. The molecule has 0 fully saturated rings. The highest BCUT2D eigenvalue weighted by molar-refractivity contribution is 6.09. The van der Waals surface area contributed by atoms with E-state index in [1.807, 2.05) is 50.2 Å². The van der Waals surface area contributed by atoms with E-state index in [2.05, 4.69) is 10.3 Å². The topological polar surface area (TPSA) is 79.3 Å². The van der Waals surface area contributed by atoms with E-state index in [0.29, 0.717) is 22.3 Å². The first kappa shape index (κ1) is 19.3. The lowest BCUT2D eigenvalue weighted by atomic mass is 9.94. The van der Waals surface area contributed by atoms with Gasteiger partial charge < -0.3 is 10.4 Å². The molecule has 3 aromatic carbocycles. The van der Waals surface area contributed by atoms with Crippen LogP contribution in [-0.2, 0) is 0 Å². The van der Waals surface area contributed by atoms with Gasteiger partial charge in [-0.2, -0.15) is 0 Å². The molecule has 0 aliphatic rings. The average molecular weight is 396 g/mol. The quantitative estimate of drug-likeness (QED) is 0.479. The van der Waals surface area contributed by atoms with E-state index in [0.717, 1.165) is 22.3 Å². The first-order valence-corrected chi connectivity index (χ1v) is 9.54. The lowest BCUT2D eigenvalue weighted by Crippen LogP contribution is -2.14. The van der Waals surface area contributed by atoms with Crippen LogP contribution >= 0.6 is 0 Å². The Morgan fingerprint density at radius 2 is 1.67 bits per heavy atom. The van der Waals surface area contributed by atoms with Gasteiger partial charge >= 0.3 is 5.97 Å². The van der Waals surface area contributed by atoms with Crippen LogP contribution in [0.25, 0.3) is 22.0 Å². The minimum atomic E-state index is -0.989. The molecule has 0 spiro atoms. The molecule has 1 amide bonds. The fourth-order valence-electron chi connectivity index (χ4n) is 3.47. The number of anilines is 1. The Bertz CT molecular complexity index is 1280. The molecule has 148 valence electrons. The van der Waals surface area contributed by atoms with Crippen LogP contribution < -0.4 is 5.32 Å². The van der Waals surface area contributed by atoms with E-state index in [9.17, 15) is 9.59 Å². The number of carboxylic acids is 1. The molecule has 4 rings (SSSR count). The second-order valence-corrected chi connectivity index (χ2v) is 7.23. The van der Waals surface area contributed by atoms with Crippen molar-refractivity contribution in [2.75, 3.05) is 5.32 Å². The highest BCUT2D eigenvalue weighted by Gasteiger charge is 2.16. The van der Waals surface area contributed by atoms with Crippen molar-refractivity contribution < 1.29 is 14.7 Å². The summed E-state index contributed by atoms with van der Waals surface area (Å²) in [4.78, 5) is 28.7. The van der Waals surface area contributed by atoms with E-state index >= 15 is 0 Å². The van der Waals surface area contributed by atoms with Crippen LogP contribution in [0.3, 0.4) is 0 Å². The number of aryl methyl sites for hydroxylation is 2. The van der Waals surface area contributed by atoms with Gasteiger partial charge in [0, 0.05) is 10.9 Å². The summed E-state index contributed by atoms with van der Waals surface area (Å²) in [6.07, 6.45) is 0. The third-order valence-corrected chi connectivity index (χ3v) is 5.04. The van der Waals surface area contributed by atoms with Gasteiger partial charge in [0.05, 0.1) is 11.1 Å². The van der Waals surface area contributed by atoms with Gasteiger partial charge in [-0.3, -0.25) is 4.79 Å². The number of nitrogens with zero attached hydrogens (tertiary/aromatic N) is 1. The molecule has 2 N–H and O–H groups in total. The molecule has 0 atom stereocenters. The summed E-state index contributed by atoms with van der Waals surface area (Å²) in [5.41, 5.74) is 5.42. The van der Waals surface area contributed by atoms with Gasteiger partial charge in [-0.1, -0.05) is 42.0 Å². The molecule has 0 aliphatic carbocycles. The monoisotopic (exact) mass is 396 g/mol. The second kappa shape index (κ2) is 7.79. The molecule has 5 heteroatoms. The van der Waals surface area contributed by atoms with Crippen molar-refractivity contribution in [3.63, 3.8) is 0 Å². The third kappa shape index (κ3) is 3.78. The minimum absolute atomic E-state index is 0.198. The van der Waals surface area contributed by atoms with Gasteiger partial charge in [0.15, 0.2) is 0 Å². The predicted octanol–water partition coefficient (Wildman–Crippen LogP) is 5.47. The Balaban J connectivity index is 1.67. The van der Waals surface area contributed by atoms with E-state index in [1.165, 1.54) is 6.07 Å². The number of carboxylic acid groups (broad SMARTS) is 1. The third-order valence-electron chi connectivity index (χ3n) is 5.04. The van der Waals surface area contributed by atoms with Crippen LogP contribution in [0, 0.1) is 13.8 Å². The molecule has 0 aliphatic heterocycles. The van der Waals surface area contributed by atoms with Crippen molar-refractivity contribution in [2.45, 2.75) is 13.8 Å². The molecule has 1 heterocycles. The zero-order valence-electron chi connectivity index (χ0n) is 16.6. The van der Waals surface area contributed by atoms with Crippen molar-refractivity contribution >= 4 is 28.6 Å². The van der Waals surface area contributed by atoms with Crippen LogP contribution in [0.15, 0.2) is 72.8 Å². The number of hydrogen-bond donors (Lipinski definition) is 2. The maximum Gasteiger partial charge on any atom is 0.335 e. The molecular weight excluding hydrogens is 376 g/mol. The number of hydrogen-bond acceptors (Lipinski definition) is 3. The molecule has 0 saturated heterocycles. The highest BCUT2D eigenvalue weighted by atomic mass is 16.4. The van der Waals surface area contributed by atoms with E-state index < -0.39 is 5.97 Å². The van der Waals surface area contributed by atoms with Gasteiger partial charge in [0.2, 0.25) is 0 Å². The lowest BCUT2D eigenvalue weighted by Gasteiger charge is -2.13. The summed E-state index contributed by atoms with van der Waals surface area (Å²) >= 11 is 0.